The van der Waals surface area contributed by atoms with Gasteiger partial charge in [-0.15, -0.1) is 0 Å². The molecule has 0 aliphatic rings. The molecule has 0 aliphatic heterocycles. The molecule has 0 heterocycles. The Morgan fingerprint density at radius 1 is 1.08 bits per heavy atom. The number of carbonyl (C=O) groups is 2. The molecule has 0 fully saturated rings. The van der Waals surface area contributed by atoms with E-state index in [0.29, 0.717) is 22.2 Å². The molecule has 1 rings (SSSR count). The van der Waals surface area contributed by atoms with Crippen LogP contribution in [0, 0.1) is 0 Å². The Labute approximate surface area is 158 Å². The zero-order valence-electron chi connectivity index (χ0n) is 14.5. The van der Waals surface area contributed by atoms with E-state index in [9.17, 15) is 22.8 Å². The number of halogens is 4. The molecule has 0 aromatic heterocycles. The summed E-state index contributed by atoms with van der Waals surface area (Å²) in [6.07, 6.45) is -3.71. The van der Waals surface area contributed by atoms with Crippen molar-refractivity contribution < 1.29 is 32.2 Å². The van der Waals surface area contributed by atoms with Crippen LogP contribution in [-0.2, 0) is 19.1 Å². The highest BCUT2D eigenvalue weighted by Crippen LogP contribution is 2.31. The Balaban J connectivity index is 3.32. The number of anilines is 1. The quantitative estimate of drug-likeness (QED) is 0.428. The van der Waals surface area contributed by atoms with Crippen LogP contribution in [0.1, 0.15) is 26.7 Å². The minimum absolute atomic E-state index is 0.00773. The van der Waals surface area contributed by atoms with E-state index in [1.807, 2.05) is 0 Å². The van der Waals surface area contributed by atoms with Gasteiger partial charge in [0.15, 0.2) is 0 Å². The van der Waals surface area contributed by atoms with Gasteiger partial charge in [-0.25, -0.2) is 9.59 Å². The molecule has 0 N–H and O–H groups in total. The first kappa shape index (κ1) is 22.3. The summed E-state index contributed by atoms with van der Waals surface area (Å²) in [5.41, 5.74) is 0.0386. The van der Waals surface area contributed by atoms with Gasteiger partial charge in [0.1, 0.15) is 6.54 Å². The van der Waals surface area contributed by atoms with Gasteiger partial charge in [-0.05, 0) is 40.9 Å². The third-order valence-corrected chi connectivity index (χ3v) is 3.84. The number of ether oxygens (including phenoxy) is 2. The van der Waals surface area contributed by atoms with Crippen LogP contribution in [0.15, 0.2) is 28.7 Å². The smallest absolute Gasteiger partial charge is 0.405 e. The summed E-state index contributed by atoms with van der Waals surface area (Å²) in [5.74, 6) is -2.15. The van der Waals surface area contributed by atoms with Crippen LogP contribution in [0.2, 0.25) is 0 Å². The number of hydrogen-bond acceptors (Lipinski definition) is 5. The number of esters is 2. The Hall–Kier alpha value is -1.77. The van der Waals surface area contributed by atoms with Gasteiger partial charge in [0.2, 0.25) is 6.04 Å². The van der Waals surface area contributed by atoms with Crippen molar-refractivity contribution in [3.63, 3.8) is 0 Å². The first-order valence-corrected chi connectivity index (χ1v) is 8.91. The number of para-hydroxylation sites is 1. The molecule has 1 aromatic carbocycles. The van der Waals surface area contributed by atoms with Gasteiger partial charge in [0, 0.05) is 4.47 Å². The van der Waals surface area contributed by atoms with Gasteiger partial charge >= 0.3 is 18.1 Å². The van der Waals surface area contributed by atoms with Gasteiger partial charge in [-0.1, -0.05) is 26.0 Å². The zero-order chi connectivity index (χ0) is 19.7. The van der Waals surface area contributed by atoms with E-state index in [1.165, 1.54) is 18.2 Å². The lowest BCUT2D eigenvalue weighted by Crippen LogP contribution is -2.52. The topological polar surface area (TPSA) is 55.8 Å². The lowest BCUT2D eigenvalue weighted by molar-refractivity contribution is -0.158. The van der Waals surface area contributed by atoms with Crippen LogP contribution in [0.5, 0.6) is 0 Å². The van der Waals surface area contributed by atoms with Crippen molar-refractivity contribution >= 4 is 33.6 Å². The van der Waals surface area contributed by atoms with Crippen LogP contribution >= 0.6 is 15.9 Å². The van der Waals surface area contributed by atoms with E-state index in [4.69, 9.17) is 9.47 Å². The second-order valence-electron chi connectivity index (χ2n) is 5.43. The standard InChI is InChI=1S/C17H21BrF3NO4/c1-3-9-25-15(23)14(16(24)26-10-4-2)22(11-17(19,20)21)13-8-6-5-7-12(13)18/h5-8,14H,3-4,9-11H2,1-2H3. The Morgan fingerprint density at radius 3 is 2.00 bits per heavy atom. The number of benzene rings is 1. The average molecular weight is 440 g/mol. The molecule has 0 spiro atoms. The molecule has 0 saturated carbocycles. The number of rotatable bonds is 9. The molecule has 0 atom stereocenters. The summed E-state index contributed by atoms with van der Waals surface area (Å²) >= 11 is 3.16. The summed E-state index contributed by atoms with van der Waals surface area (Å²) in [7, 11) is 0. The lowest BCUT2D eigenvalue weighted by Gasteiger charge is -2.32. The van der Waals surface area contributed by atoms with Gasteiger partial charge in [-0.2, -0.15) is 13.2 Å². The fourth-order valence-electron chi connectivity index (χ4n) is 2.11. The van der Waals surface area contributed by atoms with E-state index in [0.717, 1.165) is 0 Å². The summed E-state index contributed by atoms with van der Waals surface area (Å²) in [6.45, 7) is 1.94. The normalized spacial score (nSPS) is 11.3. The summed E-state index contributed by atoms with van der Waals surface area (Å²) in [5, 5.41) is 0. The minimum atomic E-state index is -4.65. The fraction of sp³-hybridized carbons (Fsp3) is 0.529. The maximum Gasteiger partial charge on any atom is 0.405 e. The van der Waals surface area contributed by atoms with E-state index >= 15 is 0 Å². The fourth-order valence-corrected chi connectivity index (χ4v) is 2.62. The molecule has 0 saturated heterocycles. The number of nitrogens with zero attached hydrogens (tertiary/aromatic N) is 1. The molecular weight excluding hydrogens is 419 g/mol. The Morgan fingerprint density at radius 2 is 1.58 bits per heavy atom. The van der Waals surface area contributed by atoms with E-state index in [-0.39, 0.29) is 18.9 Å². The van der Waals surface area contributed by atoms with Crippen molar-refractivity contribution in [1.82, 2.24) is 0 Å². The summed E-state index contributed by atoms with van der Waals surface area (Å²) in [4.78, 5) is 25.4. The molecule has 0 aliphatic carbocycles. The molecule has 0 unspecified atom stereocenters. The minimum Gasteiger partial charge on any atom is -0.464 e. The van der Waals surface area contributed by atoms with E-state index < -0.39 is 30.7 Å². The maximum absolute atomic E-state index is 13.2. The highest BCUT2D eigenvalue weighted by molar-refractivity contribution is 9.10. The second-order valence-corrected chi connectivity index (χ2v) is 6.29. The van der Waals surface area contributed by atoms with E-state index in [1.54, 1.807) is 19.9 Å². The zero-order valence-corrected chi connectivity index (χ0v) is 16.1. The van der Waals surface area contributed by atoms with Gasteiger partial charge < -0.3 is 14.4 Å². The molecule has 5 nitrogen and oxygen atoms in total. The summed E-state index contributed by atoms with van der Waals surface area (Å²) in [6, 6.07) is 4.16. The van der Waals surface area contributed by atoms with Crippen molar-refractivity contribution in [3.8, 4) is 0 Å². The summed E-state index contributed by atoms with van der Waals surface area (Å²) < 4.78 is 49.7. The SMILES string of the molecule is CCCOC(=O)C(C(=O)OCCC)N(CC(F)(F)F)c1ccccc1Br. The van der Waals surface area contributed by atoms with Crippen molar-refractivity contribution in [1.29, 1.82) is 0 Å². The number of alkyl halides is 3. The third-order valence-electron chi connectivity index (χ3n) is 3.17. The monoisotopic (exact) mass is 439 g/mol. The Kier molecular flexibility index (Phi) is 8.91. The van der Waals surface area contributed by atoms with Crippen LogP contribution in [0.25, 0.3) is 0 Å². The predicted molar refractivity (Wildman–Crippen MR) is 93.8 cm³/mol. The first-order valence-electron chi connectivity index (χ1n) is 8.12. The molecular formula is C17H21BrF3NO4. The van der Waals surface area contributed by atoms with Crippen LogP contribution in [0.3, 0.4) is 0 Å². The molecule has 0 amide bonds. The van der Waals surface area contributed by atoms with Crippen molar-refractivity contribution in [2.75, 3.05) is 24.7 Å². The predicted octanol–water partition coefficient (Wildman–Crippen LogP) is 4.09. The highest BCUT2D eigenvalue weighted by Gasteiger charge is 2.42. The molecule has 146 valence electrons. The van der Waals surface area contributed by atoms with Gasteiger partial charge in [-0.3, -0.25) is 0 Å². The first-order chi connectivity index (χ1) is 12.2. The molecule has 9 heteroatoms. The average Bonchev–Trinajstić information content (AvgIpc) is 2.56. The molecule has 26 heavy (non-hydrogen) atoms. The Bertz CT molecular complexity index is 590. The molecule has 0 radical (unpaired) electrons. The van der Waals surface area contributed by atoms with Crippen molar-refractivity contribution in [2.45, 2.75) is 38.9 Å². The van der Waals surface area contributed by atoms with Crippen LogP contribution < -0.4 is 4.90 Å². The molecule has 0 bridgehead atoms. The lowest BCUT2D eigenvalue weighted by atomic mass is 10.2. The maximum atomic E-state index is 13.2. The number of hydrogen-bond donors (Lipinski definition) is 0. The second kappa shape index (κ2) is 10.4. The van der Waals surface area contributed by atoms with Crippen LogP contribution in [0.4, 0.5) is 18.9 Å². The van der Waals surface area contributed by atoms with Crippen molar-refractivity contribution in [2.24, 2.45) is 0 Å². The molecule has 1 aromatic rings. The van der Waals surface area contributed by atoms with Crippen molar-refractivity contribution in [3.05, 3.63) is 28.7 Å². The largest absolute Gasteiger partial charge is 0.464 e. The van der Waals surface area contributed by atoms with Gasteiger partial charge in [0.25, 0.3) is 0 Å². The highest BCUT2D eigenvalue weighted by atomic mass is 79.9. The van der Waals surface area contributed by atoms with Gasteiger partial charge in [0.05, 0.1) is 18.9 Å². The third kappa shape index (κ3) is 6.86. The number of carbonyl (C=O) groups excluding carboxylic acids is 2. The van der Waals surface area contributed by atoms with Crippen LogP contribution in [-0.4, -0.2) is 43.9 Å². The van der Waals surface area contributed by atoms with E-state index in [2.05, 4.69) is 15.9 Å².